The Morgan fingerprint density at radius 2 is 1.79 bits per heavy atom. The van der Waals surface area contributed by atoms with Crippen molar-refractivity contribution < 1.29 is 18.8 Å². The average molecular weight is 337 g/mol. The van der Waals surface area contributed by atoms with Crippen LogP contribution in [0.25, 0.3) is 0 Å². The number of amides is 1. The molecule has 1 heterocycles. The zero-order valence-corrected chi connectivity index (χ0v) is 16.1. The quantitative estimate of drug-likeness (QED) is 0.774. The van der Waals surface area contributed by atoms with E-state index in [1.165, 1.54) is 12.8 Å². The Labute approximate surface area is 146 Å². The van der Waals surface area contributed by atoms with Crippen LogP contribution in [0.4, 0.5) is 4.79 Å². The Hall–Kier alpha value is -1.01. The number of hydrogen-bond acceptors (Lipinski definition) is 4. The lowest BCUT2D eigenvalue weighted by Crippen LogP contribution is -2.41. The van der Waals surface area contributed by atoms with E-state index < -0.39 is 12.7 Å². The second kappa shape index (κ2) is 6.72. The van der Waals surface area contributed by atoms with Crippen LogP contribution in [0.1, 0.15) is 67.7 Å². The van der Waals surface area contributed by atoms with Crippen LogP contribution in [-0.2, 0) is 14.0 Å². The van der Waals surface area contributed by atoms with Gasteiger partial charge in [0.05, 0.1) is 17.2 Å². The van der Waals surface area contributed by atoms with Gasteiger partial charge in [0.2, 0.25) is 0 Å². The van der Waals surface area contributed by atoms with Gasteiger partial charge < -0.3 is 19.4 Å². The van der Waals surface area contributed by atoms with Crippen molar-refractivity contribution in [3.8, 4) is 0 Å². The van der Waals surface area contributed by atoms with Crippen molar-refractivity contribution in [3.63, 3.8) is 0 Å². The minimum absolute atomic E-state index is 0.0635. The Balaban J connectivity index is 1.95. The molecule has 1 saturated heterocycles. The smallest absolute Gasteiger partial charge is 0.444 e. The predicted octanol–water partition coefficient (Wildman–Crippen LogP) is 3.87. The van der Waals surface area contributed by atoms with Gasteiger partial charge in [0, 0.05) is 0 Å². The fourth-order valence-electron chi connectivity index (χ4n) is 2.55. The second-order valence-corrected chi connectivity index (χ2v) is 8.94. The van der Waals surface area contributed by atoms with Gasteiger partial charge in [-0.05, 0) is 60.8 Å². The first-order valence-corrected chi connectivity index (χ1v) is 8.91. The average Bonchev–Trinajstić information content (AvgIpc) is 3.12. The maximum atomic E-state index is 12.0. The normalized spacial score (nSPS) is 24.2. The molecule has 1 aliphatic carbocycles. The largest absolute Gasteiger partial charge is 0.486 e. The van der Waals surface area contributed by atoms with Crippen LogP contribution in [0.5, 0.6) is 0 Å². The van der Waals surface area contributed by atoms with Gasteiger partial charge in [-0.2, -0.15) is 0 Å². The summed E-state index contributed by atoms with van der Waals surface area (Å²) in [5.74, 6) is 2.59. The van der Waals surface area contributed by atoms with Crippen molar-refractivity contribution >= 4 is 13.2 Å². The van der Waals surface area contributed by atoms with E-state index in [0.717, 1.165) is 6.42 Å². The van der Waals surface area contributed by atoms with E-state index in [1.54, 1.807) is 0 Å². The summed E-state index contributed by atoms with van der Waals surface area (Å²) in [4.78, 5) is 12.0. The summed E-state index contributed by atoms with van der Waals surface area (Å²) in [7, 11) is -0.392. The monoisotopic (exact) mass is 337 g/mol. The minimum atomic E-state index is -0.496. The first-order chi connectivity index (χ1) is 10.9. The first kappa shape index (κ1) is 19.3. The summed E-state index contributed by atoms with van der Waals surface area (Å²) >= 11 is 0. The van der Waals surface area contributed by atoms with Gasteiger partial charge in [0.15, 0.2) is 0 Å². The van der Waals surface area contributed by atoms with Crippen LogP contribution >= 0.6 is 0 Å². The van der Waals surface area contributed by atoms with Gasteiger partial charge in [-0.15, -0.1) is 0 Å². The van der Waals surface area contributed by atoms with E-state index in [2.05, 4.69) is 5.32 Å². The highest BCUT2D eigenvalue weighted by Crippen LogP contribution is 2.37. The van der Waals surface area contributed by atoms with Crippen molar-refractivity contribution in [2.24, 2.45) is 5.92 Å². The number of nitrogens with one attached hydrogen (secondary N) is 1. The summed E-state index contributed by atoms with van der Waals surface area (Å²) < 4.78 is 17.3. The molecule has 0 radical (unpaired) electrons. The molecule has 0 aromatic heterocycles. The number of ether oxygens (including phenoxy) is 1. The van der Waals surface area contributed by atoms with Gasteiger partial charge in [-0.25, -0.2) is 4.79 Å². The lowest BCUT2D eigenvalue weighted by molar-refractivity contribution is 0.00578. The molecule has 6 heteroatoms. The summed E-state index contributed by atoms with van der Waals surface area (Å²) in [6, 6.07) is -0.0635. The highest BCUT2D eigenvalue weighted by atomic mass is 16.7. The molecular weight excluding hydrogens is 305 g/mol. The number of rotatable bonds is 5. The molecule has 1 amide bonds. The number of carbonyl (C=O) groups excluding carboxylic acids is 1. The molecule has 2 fully saturated rings. The fourth-order valence-corrected chi connectivity index (χ4v) is 2.55. The number of carbonyl (C=O) groups is 1. The molecule has 24 heavy (non-hydrogen) atoms. The molecule has 1 saturated carbocycles. The second-order valence-electron chi connectivity index (χ2n) is 8.94. The van der Waals surface area contributed by atoms with Crippen molar-refractivity contribution in [3.05, 3.63) is 12.1 Å². The molecule has 2 rings (SSSR count). The zero-order valence-electron chi connectivity index (χ0n) is 16.1. The van der Waals surface area contributed by atoms with Crippen molar-refractivity contribution in [2.75, 3.05) is 0 Å². The zero-order chi connectivity index (χ0) is 18.2. The van der Waals surface area contributed by atoms with E-state index in [0.29, 0.717) is 5.92 Å². The van der Waals surface area contributed by atoms with Crippen molar-refractivity contribution in [1.82, 2.24) is 5.32 Å². The van der Waals surface area contributed by atoms with Gasteiger partial charge in [0.1, 0.15) is 5.60 Å². The van der Waals surface area contributed by atoms with Gasteiger partial charge in [-0.1, -0.05) is 24.9 Å². The highest BCUT2D eigenvalue weighted by molar-refractivity contribution is 6.51. The fraction of sp³-hybridized carbons (Fsp3) is 0.833. The highest BCUT2D eigenvalue weighted by Gasteiger charge is 2.50. The van der Waals surface area contributed by atoms with E-state index in [4.69, 9.17) is 14.0 Å². The first-order valence-electron chi connectivity index (χ1n) is 8.91. The maximum absolute atomic E-state index is 12.0. The Bertz CT molecular complexity index is 476. The van der Waals surface area contributed by atoms with Crippen LogP contribution in [0, 0.1) is 5.92 Å². The third kappa shape index (κ3) is 5.52. The van der Waals surface area contributed by atoms with Crippen LogP contribution in [0.3, 0.4) is 0 Å². The van der Waals surface area contributed by atoms with Gasteiger partial charge in [0.25, 0.3) is 0 Å². The molecule has 1 N–H and O–H groups in total. The molecule has 1 aliphatic heterocycles. The minimum Gasteiger partial charge on any atom is -0.444 e. The summed E-state index contributed by atoms with van der Waals surface area (Å²) in [6.45, 7) is 13.7. The molecule has 0 spiro atoms. The number of hydrogen-bond donors (Lipinski definition) is 1. The SMILES string of the molecule is CC(C)(C)OC(=O)NC(/C=C/B1OC(C)(C)C(C)(C)O1)CC1CC1. The van der Waals surface area contributed by atoms with E-state index >= 15 is 0 Å². The van der Waals surface area contributed by atoms with Gasteiger partial charge in [-0.3, -0.25) is 0 Å². The topological polar surface area (TPSA) is 56.8 Å². The van der Waals surface area contributed by atoms with Crippen LogP contribution in [-0.4, -0.2) is 36.1 Å². The summed E-state index contributed by atoms with van der Waals surface area (Å²) in [6.07, 6.45) is 4.99. The standard InChI is InChI=1S/C18H32BNO4/c1-16(2,3)22-15(21)20-14(12-13-8-9-13)10-11-19-23-17(4,5)18(6,7)24-19/h10-11,13-14H,8-9,12H2,1-7H3,(H,20,21)/b11-10+. The molecule has 0 aromatic carbocycles. The van der Waals surface area contributed by atoms with Crippen LogP contribution < -0.4 is 5.32 Å². The molecule has 136 valence electrons. The molecule has 0 aromatic rings. The lowest BCUT2D eigenvalue weighted by Gasteiger charge is -2.32. The molecular formula is C18H32BNO4. The van der Waals surface area contributed by atoms with Crippen molar-refractivity contribution in [1.29, 1.82) is 0 Å². The maximum Gasteiger partial charge on any atom is 0.486 e. The lowest BCUT2D eigenvalue weighted by atomic mass is 9.88. The molecule has 1 unspecified atom stereocenters. The predicted molar refractivity (Wildman–Crippen MR) is 95.7 cm³/mol. The third-order valence-corrected chi connectivity index (χ3v) is 4.76. The summed E-state index contributed by atoms with van der Waals surface area (Å²) in [5, 5.41) is 2.95. The Morgan fingerprint density at radius 1 is 1.25 bits per heavy atom. The van der Waals surface area contributed by atoms with Crippen LogP contribution in [0.15, 0.2) is 12.1 Å². The van der Waals surface area contributed by atoms with Crippen LogP contribution in [0.2, 0.25) is 0 Å². The Kier molecular flexibility index (Phi) is 5.41. The Morgan fingerprint density at radius 3 is 2.25 bits per heavy atom. The third-order valence-electron chi connectivity index (χ3n) is 4.76. The summed E-state index contributed by atoms with van der Waals surface area (Å²) in [5.41, 5.74) is -1.21. The molecule has 2 aliphatic rings. The molecule has 1 atom stereocenters. The molecule has 5 nitrogen and oxygen atoms in total. The van der Waals surface area contributed by atoms with Gasteiger partial charge >= 0.3 is 13.2 Å². The van der Waals surface area contributed by atoms with E-state index in [9.17, 15) is 4.79 Å². The van der Waals surface area contributed by atoms with E-state index in [-0.39, 0.29) is 23.3 Å². The van der Waals surface area contributed by atoms with E-state index in [1.807, 2.05) is 60.5 Å². The number of alkyl carbamates (subject to hydrolysis) is 1. The van der Waals surface area contributed by atoms with Crippen molar-refractivity contribution in [2.45, 2.75) is 90.6 Å². The molecule has 0 bridgehead atoms.